The first kappa shape index (κ1) is 23.3. The fraction of sp³-hybridized carbons (Fsp3) is 0.333. The molecule has 1 aliphatic rings. The predicted octanol–water partition coefficient (Wildman–Crippen LogP) is 4.56. The summed E-state index contributed by atoms with van der Waals surface area (Å²) in [6.45, 7) is 6.38. The fourth-order valence-electron chi connectivity index (χ4n) is 3.97. The number of para-hydroxylation sites is 2. The van der Waals surface area contributed by atoms with Gasteiger partial charge in [-0.2, -0.15) is 0 Å². The molecule has 9 heteroatoms. The Morgan fingerprint density at radius 1 is 1.24 bits per heavy atom. The molecule has 2 amide bonds. The maximum absolute atomic E-state index is 13.4. The van der Waals surface area contributed by atoms with Gasteiger partial charge in [-0.3, -0.25) is 19.0 Å². The number of thioether (sulfide) groups is 1. The number of aromatic nitrogens is 2. The van der Waals surface area contributed by atoms with Crippen molar-refractivity contribution in [3.05, 3.63) is 57.8 Å². The number of amides is 2. The molecule has 0 aliphatic carbocycles. The van der Waals surface area contributed by atoms with Crippen LogP contribution >= 0.6 is 23.4 Å². The van der Waals surface area contributed by atoms with Crippen molar-refractivity contribution in [3.8, 4) is 0 Å². The van der Waals surface area contributed by atoms with Crippen LogP contribution in [-0.2, 0) is 16.1 Å². The number of hydrogen-bond acceptors (Lipinski definition) is 5. The van der Waals surface area contributed by atoms with Crippen molar-refractivity contribution in [2.24, 2.45) is 5.92 Å². The molecule has 0 bridgehead atoms. The lowest BCUT2D eigenvalue weighted by Crippen LogP contribution is -2.40. The van der Waals surface area contributed by atoms with Crippen molar-refractivity contribution < 1.29 is 9.59 Å². The van der Waals surface area contributed by atoms with Crippen LogP contribution < -0.4 is 15.8 Å². The molecule has 7 nitrogen and oxygen atoms in total. The van der Waals surface area contributed by atoms with Crippen molar-refractivity contribution in [1.82, 2.24) is 9.55 Å². The SMILES string of the molecule is CC(C)Cn1c(SCC(=O)N2c3ccccc3NC(=O)CC2C)nc2ccc(Cl)cc2c1=O. The van der Waals surface area contributed by atoms with Crippen LogP contribution in [0.4, 0.5) is 11.4 Å². The minimum atomic E-state index is -0.300. The summed E-state index contributed by atoms with van der Waals surface area (Å²) in [5.41, 5.74) is 1.65. The van der Waals surface area contributed by atoms with Gasteiger partial charge < -0.3 is 10.2 Å². The van der Waals surface area contributed by atoms with Crippen LogP contribution in [-0.4, -0.2) is 33.2 Å². The number of hydrogen-bond donors (Lipinski definition) is 1. The van der Waals surface area contributed by atoms with Gasteiger partial charge in [-0.25, -0.2) is 4.98 Å². The molecule has 1 aromatic heterocycles. The Hall–Kier alpha value is -2.84. The van der Waals surface area contributed by atoms with Crippen molar-refractivity contribution in [1.29, 1.82) is 0 Å². The third-order valence-corrected chi connectivity index (χ3v) is 6.58. The first-order valence-corrected chi connectivity index (χ1v) is 12.1. The van der Waals surface area contributed by atoms with E-state index >= 15 is 0 Å². The highest BCUT2D eigenvalue weighted by Gasteiger charge is 2.29. The van der Waals surface area contributed by atoms with Crippen LogP contribution in [0.3, 0.4) is 0 Å². The van der Waals surface area contributed by atoms with Gasteiger partial charge in [0.25, 0.3) is 5.56 Å². The van der Waals surface area contributed by atoms with Crippen molar-refractivity contribution >= 4 is 57.5 Å². The number of carbonyl (C=O) groups excluding carboxylic acids is 2. The number of rotatable bonds is 5. The Balaban J connectivity index is 1.67. The zero-order valence-electron chi connectivity index (χ0n) is 18.7. The second kappa shape index (κ2) is 9.57. The van der Waals surface area contributed by atoms with Gasteiger partial charge >= 0.3 is 0 Å². The second-order valence-electron chi connectivity index (χ2n) is 8.54. The molecule has 1 N–H and O–H groups in total. The molecular formula is C24H25ClN4O3S. The quantitative estimate of drug-likeness (QED) is 0.424. The van der Waals surface area contributed by atoms with Crippen LogP contribution in [0.15, 0.2) is 52.4 Å². The summed E-state index contributed by atoms with van der Waals surface area (Å²) in [7, 11) is 0. The minimum absolute atomic E-state index is 0.0799. The van der Waals surface area contributed by atoms with E-state index in [0.29, 0.717) is 39.0 Å². The highest BCUT2D eigenvalue weighted by atomic mass is 35.5. The molecule has 1 unspecified atom stereocenters. The Morgan fingerprint density at radius 3 is 2.76 bits per heavy atom. The van der Waals surface area contributed by atoms with Gasteiger partial charge in [-0.15, -0.1) is 0 Å². The monoisotopic (exact) mass is 484 g/mol. The first-order valence-electron chi connectivity index (χ1n) is 10.8. The topological polar surface area (TPSA) is 84.3 Å². The van der Waals surface area contributed by atoms with Crippen LogP contribution in [0.1, 0.15) is 27.2 Å². The highest BCUT2D eigenvalue weighted by Crippen LogP contribution is 2.32. The van der Waals surface area contributed by atoms with Crippen molar-refractivity contribution in [2.45, 2.75) is 44.9 Å². The molecule has 2 aromatic carbocycles. The van der Waals surface area contributed by atoms with E-state index in [1.165, 1.54) is 11.8 Å². The summed E-state index contributed by atoms with van der Waals surface area (Å²) >= 11 is 7.33. The van der Waals surface area contributed by atoms with Crippen LogP contribution in [0, 0.1) is 5.92 Å². The fourth-order valence-corrected chi connectivity index (χ4v) is 5.01. The summed E-state index contributed by atoms with van der Waals surface area (Å²) in [6, 6.07) is 12.0. The molecule has 33 heavy (non-hydrogen) atoms. The van der Waals surface area contributed by atoms with Crippen LogP contribution in [0.25, 0.3) is 10.9 Å². The van der Waals surface area contributed by atoms with E-state index in [9.17, 15) is 14.4 Å². The Morgan fingerprint density at radius 2 is 2.00 bits per heavy atom. The average Bonchev–Trinajstić information content (AvgIpc) is 2.88. The number of carbonyl (C=O) groups is 2. The molecule has 0 radical (unpaired) electrons. The summed E-state index contributed by atoms with van der Waals surface area (Å²) in [5, 5.41) is 4.29. The normalized spacial score (nSPS) is 16.0. The van der Waals surface area contributed by atoms with E-state index < -0.39 is 0 Å². The van der Waals surface area contributed by atoms with Crippen LogP contribution in [0.5, 0.6) is 0 Å². The molecule has 2 heterocycles. The number of fused-ring (bicyclic) bond motifs is 2. The molecule has 172 valence electrons. The molecule has 1 aliphatic heterocycles. The minimum Gasteiger partial charge on any atom is -0.324 e. The van der Waals surface area contributed by atoms with Crippen molar-refractivity contribution in [3.63, 3.8) is 0 Å². The number of halogens is 1. The van der Waals surface area contributed by atoms with E-state index in [0.717, 1.165) is 0 Å². The molecule has 0 saturated heterocycles. The van der Waals surface area contributed by atoms with Gasteiger partial charge in [-0.1, -0.05) is 49.3 Å². The van der Waals surface area contributed by atoms with E-state index in [2.05, 4.69) is 10.3 Å². The average molecular weight is 485 g/mol. The predicted molar refractivity (Wildman–Crippen MR) is 133 cm³/mol. The molecular weight excluding hydrogens is 460 g/mol. The second-order valence-corrected chi connectivity index (χ2v) is 9.92. The maximum atomic E-state index is 13.4. The molecule has 0 fully saturated rings. The van der Waals surface area contributed by atoms with Crippen molar-refractivity contribution in [2.75, 3.05) is 16.0 Å². The molecule has 4 rings (SSSR count). The molecule has 3 aromatic rings. The zero-order chi connectivity index (χ0) is 23.7. The lowest BCUT2D eigenvalue weighted by Gasteiger charge is -2.27. The number of benzene rings is 2. The smallest absolute Gasteiger partial charge is 0.262 e. The maximum Gasteiger partial charge on any atom is 0.262 e. The molecule has 1 atom stereocenters. The van der Waals surface area contributed by atoms with Gasteiger partial charge in [0.1, 0.15) is 0 Å². The van der Waals surface area contributed by atoms with Crippen LogP contribution in [0.2, 0.25) is 5.02 Å². The highest BCUT2D eigenvalue weighted by molar-refractivity contribution is 7.99. The van der Waals surface area contributed by atoms with Gasteiger partial charge in [0.05, 0.1) is 28.0 Å². The van der Waals surface area contributed by atoms with Gasteiger partial charge in [0, 0.05) is 24.0 Å². The summed E-state index contributed by atoms with van der Waals surface area (Å²) in [5.74, 6) is 0.0126. The van der Waals surface area contributed by atoms with Gasteiger partial charge in [0.2, 0.25) is 11.8 Å². The van der Waals surface area contributed by atoms with E-state index in [1.807, 2.05) is 39.0 Å². The summed E-state index contributed by atoms with van der Waals surface area (Å²) < 4.78 is 1.62. The first-order chi connectivity index (χ1) is 15.7. The zero-order valence-corrected chi connectivity index (χ0v) is 20.2. The van der Waals surface area contributed by atoms with Gasteiger partial charge in [-0.05, 0) is 43.2 Å². The lowest BCUT2D eigenvalue weighted by atomic mass is 10.2. The number of nitrogens with zero attached hydrogens (tertiary/aromatic N) is 3. The largest absolute Gasteiger partial charge is 0.324 e. The number of nitrogens with one attached hydrogen (secondary N) is 1. The third-order valence-electron chi connectivity index (χ3n) is 5.38. The standard InChI is InChI=1S/C24H25ClN4O3S/c1-14(2)12-28-23(32)17-11-16(25)8-9-18(17)27-24(28)33-13-22(31)29-15(3)10-21(30)26-19-6-4-5-7-20(19)29/h4-9,11,14-15H,10,12-13H2,1-3H3,(H,26,30). The van der Waals surface area contributed by atoms with E-state index in [4.69, 9.17) is 11.6 Å². The third kappa shape index (κ3) is 4.91. The van der Waals surface area contributed by atoms with Gasteiger partial charge in [0.15, 0.2) is 5.16 Å². The summed E-state index contributed by atoms with van der Waals surface area (Å²) in [6.07, 6.45) is 0.206. The Bertz CT molecular complexity index is 1290. The lowest BCUT2D eigenvalue weighted by molar-refractivity contribution is -0.117. The molecule has 0 spiro atoms. The summed E-state index contributed by atoms with van der Waals surface area (Å²) in [4.78, 5) is 45.1. The van der Waals surface area contributed by atoms with E-state index in [-0.39, 0.29) is 41.5 Å². The number of anilines is 2. The Labute approximate surface area is 201 Å². The Kier molecular flexibility index (Phi) is 6.76. The van der Waals surface area contributed by atoms with E-state index in [1.54, 1.807) is 33.7 Å². The molecule has 0 saturated carbocycles.